The van der Waals surface area contributed by atoms with Gasteiger partial charge < -0.3 is 37.5 Å². The molecule has 4 amide bonds. The topological polar surface area (TPSA) is 209 Å². The van der Waals surface area contributed by atoms with Gasteiger partial charge in [0.2, 0.25) is 23.6 Å². The molecule has 0 saturated heterocycles. The largest absolute Gasteiger partial charge is 0.480 e. The summed E-state index contributed by atoms with van der Waals surface area (Å²) in [6.45, 7) is 0. The summed E-state index contributed by atoms with van der Waals surface area (Å²) in [5.74, 6) is -4.28. The summed E-state index contributed by atoms with van der Waals surface area (Å²) >= 11 is 4.13. The maximum Gasteiger partial charge on any atom is 0.326 e. The monoisotopic (exact) mass is 582 g/mol. The van der Waals surface area contributed by atoms with Gasteiger partial charge in [-0.15, -0.1) is 0 Å². The van der Waals surface area contributed by atoms with Gasteiger partial charge in [-0.25, -0.2) is 4.79 Å². The second-order valence-corrected chi connectivity index (χ2v) is 9.93. The highest BCUT2D eigenvalue weighted by molar-refractivity contribution is 7.80. The van der Waals surface area contributed by atoms with E-state index in [-0.39, 0.29) is 31.4 Å². The van der Waals surface area contributed by atoms with E-state index in [2.05, 4.69) is 33.6 Å². The molecule has 3 aromatic rings. The maximum atomic E-state index is 13.1. The molecule has 4 unspecified atom stereocenters. The van der Waals surface area contributed by atoms with Crippen LogP contribution >= 0.6 is 12.6 Å². The number of amides is 4. The highest BCUT2D eigenvalue weighted by Gasteiger charge is 2.30. The van der Waals surface area contributed by atoms with Crippen molar-refractivity contribution in [2.75, 3.05) is 5.75 Å². The number of carbonyl (C=O) groups excluding carboxylic acids is 4. The van der Waals surface area contributed by atoms with E-state index >= 15 is 0 Å². The van der Waals surface area contributed by atoms with Gasteiger partial charge in [-0.3, -0.25) is 19.2 Å². The number of carboxylic acid groups (broad SMARTS) is 1. The Labute approximate surface area is 242 Å². The van der Waals surface area contributed by atoms with Crippen molar-refractivity contribution in [2.45, 2.75) is 49.9 Å². The number of aromatic amines is 1. The van der Waals surface area contributed by atoms with Gasteiger partial charge in [0.1, 0.15) is 18.1 Å². The van der Waals surface area contributed by atoms with Crippen LogP contribution in [0.1, 0.15) is 24.0 Å². The lowest BCUT2D eigenvalue weighted by Gasteiger charge is -2.24. The molecule has 0 radical (unpaired) electrons. The second kappa shape index (κ2) is 14.9. The third-order valence-corrected chi connectivity index (χ3v) is 6.84. The molecule has 0 aliphatic rings. The van der Waals surface area contributed by atoms with Gasteiger partial charge in [0.15, 0.2) is 0 Å². The summed E-state index contributed by atoms with van der Waals surface area (Å²) in [5, 5.41) is 18.0. The number of aromatic nitrogens is 1. The quantitative estimate of drug-likeness (QED) is 0.115. The fourth-order valence-electron chi connectivity index (χ4n) is 4.25. The minimum absolute atomic E-state index is 0.0285. The number of thiol groups is 1. The molecule has 12 nitrogen and oxygen atoms in total. The molecular weight excluding hydrogens is 548 g/mol. The van der Waals surface area contributed by atoms with E-state index in [1.807, 2.05) is 24.3 Å². The van der Waals surface area contributed by atoms with E-state index < -0.39 is 53.8 Å². The molecule has 0 aliphatic carbocycles. The fraction of sp³-hybridized carbons (Fsp3) is 0.321. The number of H-pyrrole nitrogens is 1. The smallest absolute Gasteiger partial charge is 0.326 e. The first kappa shape index (κ1) is 31.2. The van der Waals surface area contributed by atoms with Crippen LogP contribution in [-0.4, -0.2) is 69.6 Å². The number of fused-ring (bicyclic) bond motifs is 1. The molecule has 0 bridgehead atoms. The van der Waals surface area contributed by atoms with Crippen LogP contribution in [0.3, 0.4) is 0 Å². The molecule has 13 heteroatoms. The molecule has 41 heavy (non-hydrogen) atoms. The number of hydrogen-bond acceptors (Lipinski definition) is 7. The van der Waals surface area contributed by atoms with Crippen molar-refractivity contribution < 1.29 is 29.1 Å². The van der Waals surface area contributed by atoms with Crippen molar-refractivity contribution >= 4 is 53.1 Å². The van der Waals surface area contributed by atoms with Crippen LogP contribution in [0.25, 0.3) is 10.9 Å². The number of primary amides is 1. The van der Waals surface area contributed by atoms with Gasteiger partial charge in [-0.05, 0) is 30.0 Å². The molecule has 3 rings (SSSR count). The van der Waals surface area contributed by atoms with Gasteiger partial charge in [0.25, 0.3) is 0 Å². The number of nitrogens with one attached hydrogen (secondary N) is 4. The van der Waals surface area contributed by atoms with E-state index in [9.17, 15) is 29.1 Å². The molecule has 1 aromatic heterocycles. The number of nitrogens with two attached hydrogens (primary N) is 2. The Hall–Kier alpha value is -4.36. The molecule has 9 N–H and O–H groups in total. The van der Waals surface area contributed by atoms with Gasteiger partial charge in [-0.2, -0.15) is 12.6 Å². The summed E-state index contributed by atoms with van der Waals surface area (Å²) < 4.78 is 0. The van der Waals surface area contributed by atoms with Crippen LogP contribution in [0.5, 0.6) is 0 Å². The minimum Gasteiger partial charge on any atom is -0.480 e. The summed E-state index contributed by atoms with van der Waals surface area (Å²) in [7, 11) is 0. The summed E-state index contributed by atoms with van der Waals surface area (Å²) in [5.41, 5.74) is 13.8. The number of aliphatic carboxylic acids is 1. The Bertz CT molecular complexity index is 1380. The van der Waals surface area contributed by atoms with Gasteiger partial charge in [0, 0.05) is 35.7 Å². The SMILES string of the molecule is NC(=O)CCC(NC(=O)C(N)Cc1c[nH]c2ccccc12)C(=O)NC(CS)C(=O)NC(Cc1ccccc1)C(=O)O. The lowest BCUT2D eigenvalue weighted by Crippen LogP contribution is -2.58. The number of carboxylic acids is 1. The molecule has 1 heterocycles. The minimum atomic E-state index is -1.25. The molecule has 0 aliphatic heterocycles. The zero-order valence-corrected chi connectivity index (χ0v) is 23.1. The highest BCUT2D eigenvalue weighted by atomic mass is 32.1. The highest BCUT2D eigenvalue weighted by Crippen LogP contribution is 2.19. The van der Waals surface area contributed by atoms with Crippen molar-refractivity contribution in [3.05, 3.63) is 71.9 Å². The van der Waals surface area contributed by atoms with Crippen molar-refractivity contribution in [1.29, 1.82) is 0 Å². The van der Waals surface area contributed by atoms with Crippen molar-refractivity contribution in [3.8, 4) is 0 Å². The number of benzene rings is 2. The first-order valence-corrected chi connectivity index (χ1v) is 13.6. The van der Waals surface area contributed by atoms with Crippen LogP contribution in [0, 0.1) is 0 Å². The summed E-state index contributed by atoms with van der Waals surface area (Å²) in [4.78, 5) is 65.3. The lowest BCUT2D eigenvalue weighted by atomic mass is 10.0. The van der Waals surface area contributed by atoms with E-state index in [1.54, 1.807) is 36.5 Å². The molecule has 0 fully saturated rings. The molecular formula is C28H34N6O6S. The Balaban J connectivity index is 1.65. The molecule has 0 saturated carbocycles. The predicted octanol–water partition coefficient (Wildman–Crippen LogP) is 0.0147. The zero-order valence-electron chi connectivity index (χ0n) is 22.2. The fourth-order valence-corrected chi connectivity index (χ4v) is 4.51. The Morgan fingerprint density at radius 3 is 2.10 bits per heavy atom. The average Bonchev–Trinajstić information content (AvgIpc) is 3.36. The third kappa shape index (κ3) is 9.08. The van der Waals surface area contributed by atoms with E-state index in [1.165, 1.54) is 0 Å². The van der Waals surface area contributed by atoms with E-state index in [0.29, 0.717) is 5.56 Å². The average molecular weight is 583 g/mol. The van der Waals surface area contributed by atoms with Crippen molar-refractivity contribution in [1.82, 2.24) is 20.9 Å². The van der Waals surface area contributed by atoms with Gasteiger partial charge >= 0.3 is 5.97 Å². The van der Waals surface area contributed by atoms with Crippen molar-refractivity contribution in [3.63, 3.8) is 0 Å². The Morgan fingerprint density at radius 2 is 1.44 bits per heavy atom. The normalized spacial score (nSPS) is 13.9. The number of rotatable bonds is 15. The number of carbonyl (C=O) groups is 5. The molecule has 0 spiro atoms. The molecule has 218 valence electrons. The molecule has 2 aromatic carbocycles. The molecule has 4 atom stereocenters. The van der Waals surface area contributed by atoms with Gasteiger partial charge in [0.05, 0.1) is 6.04 Å². The van der Waals surface area contributed by atoms with Crippen LogP contribution in [0.4, 0.5) is 0 Å². The first-order chi connectivity index (χ1) is 19.6. The maximum absolute atomic E-state index is 13.1. The Morgan fingerprint density at radius 1 is 0.829 bits per heavy atom. The van der Waals surface area contributed by atoms with E-state index in [0.717, 1.165) is 16.5 Å². The Kier molecular flexibility index (Phi) is 11.3. The van der Waals surface area contributed by atoms with Crippen LogP contribution in [0.15, 0.2) is 60.8 Å². The number of para-hydroxylation sites is 1. The van der Waals surface area contributed by atoms with Crippen LogP contribution in [0.2, 0.25) is 0 Å². The zero-order chi connectivity index (χ0) is 29.9. The standard InChI is InChI=1S/C28H34N6O6S/c29-19(13-17-14-31-20-9-5-4-8-18(17)20)25(36)32-21(10-11-24(30)35)26(37)34-23(15-41)27(38)33-22(28(39)40)12-16-6-2-1-3-7-16/h1-9,14,19,21-23,31,41H,10-13,15,29H2,(H2,30,35)(H,32,36)(H,33,38)(H,34,37)(H,39,40). The van der Waals surface area contributed by atoms with Gasteiger partial charge in [-0.1, -0.05) is 48.5 Å². The lowest BCUT2D eigenvalue weighted by molar-refractivity contribution is -0.142. The first-order valence-electron chi connectivity index (χ1n) is 13.0. The van der Waals surface area contributed by atoms with Crippen LogP contribution in [-0.2, 0) is 36.8 Å². The second-order valence-electron chi connectivity index (χ2n) is 9.57. The third-order valence-electron chi connectivity index (χ3n) is 6.48. The van der Waals surface area contributed by atoms with Crippen molar-refractivity contribution in [2.24, 2.45) is 11.5 Å². The van der Waals surface area contributed by atoms with Crippen LogP contribution < -0.4 is 27.4 Å². The summed E-state index contributed by atoms with van der Waals surface area (Å²) in [6, 6.07) is 11.5. The predicted molar refractivity (Wildman–Crippen MR) is 156 cm³/mol. The summed E-state index contributed by atoms with van der Waals surface area (Å²) in [6.07, 6.45) is 1.61. The van der Waals surface area contributed by atoms with E-state index in [4.69, 9.17) is 11.5 Å². The number of hydrogen-bond donors (Lipinski definition) is 8.